The highest BCUT2D eigenvalue weighted by Crippen LogP contribution is 2.11. The van der Waals surface area contributed by atoms with Gasteiger partial charge in [0.1, 0.15) is 0 Å². The highest BCUT2D eigenvalue weighted by atomic mass is 19.3. The van der Waals surface area contributed by atoms with Crippen molar-refractivity contribution in [1.82, 2.24) is 4.90 Å². The fraction of sp³-hybridized carbons (Fsp3) is 0.833. The molecular weight excluding hydrogens is 156 g/mol. The molecule has 1 heterocycles. The minimum absolute atomic E-state index is 0.0448. The van der Waals surface area contributed by atoms with Gasteiger partial charge in [0.05, 0.1) is 6.10 Å². The number of halogens is 2. The summed E-state index contributed by atoms with van der Waals surface area (Å²) in [5, 5.41) is 8.89. The van der Waals surface area contributed by atoms with Crippen LogP contribution in [0.15, 0.2) is 0 Å². The molecule has 0 aliphatic carbocycles. The second-order valence-electron chi connectivity index (χ2n) is 2.53. The monoisotopic (exact) mass is 165 g/mol. The van der Waals surface area contributed by atoms with E-state index in [-0.39, 0.29) is 13.1 Å². The first kappa shape index (κ1) is 8.39. The van der Waals surface area contributed by atoms with E-state index < -0.39 is 18.4 Å². The summed E-state index contributed by atoms with van der Waals surface area (Å²) in [5.41, 5.74) is 0. The molecule has 1 amide bonds. The van der Waals surface area contributed by atoms with Crippen molar-refractivity contribution >= 4 is 5.91 Å². The maximum absolute atomic E-state index is 11.7. The molecule has 0 bridgehead atoms. The third-order valence-electron chi connectivity index (χ3n) is 1.66. The van der Waals surface area contributed by atoms with Gasteiger partial charge in [0.25, 0.3) is 5.91 Å². The highest BCUT2D eigenvalue weighted by Gasteiger charge is 2.29. The largest absolute Gasteiger partial charge is 0.391 e. The van der Waals surface area contributed by atoms with Gasteiger partial charge in [-0.3, -0.25) is 4.79 Å². The molecule has 1 aliphatic rings. The van der Waals surface area contributed by atoms with Gasteiger partial charge in [-0.1, -0.05) is 0 Å². The summed E-state index contributed by atoms with van der Waals surface area (Å²) in [4.78, 5) is 11.5. The van der Waals surface area contributed by atoms with Crippen molar-refractivity contribution in [2.75, 3.05) is 13.1 Å². The van der Waals surface area contributed by atoms with Crippen LogP contribution in [0.4, 0.5) is 8.78 Å². The summed E-state index contributed by atoms with van der Waals surface area (Å²) < 4.78 is 23.5. The normalized spacial score (nSPS) is 24.7. The Balaban J connectivity index is 2.43. The third kappa shape index (κ3) is 1.86. The van der Waals surface area contributed by atoms with Gasteiger partial charge in [0.15, 0.2) is 0 Å². The van der Waals surface area contributed by atoms with Crippen LogP contribution in [0.1, 0.15) is 6.42 Å². The number of carbonyl (C=O) groups excluding carboxylic acids is 1. The highest BCUT2D eigenvalue weighted by molar-refractivity contribution is 5.79. The van der Waals surface area contributed by atoms with E-state index in [1.54, 1.807) is 0 Å². The number of amides is 1. The van der Waals surface area contributed by atoms with Crippen molar-refractivity contribution in [1.29, 1.82) is 0 Å². The minimum Gasteiger partial charge on any atom is -0.391 e. The molecule has 0 aromatic rings. The van der Waals surface area contributed by atoms with Crippen LogP contribution in [0.3, 0.4) is 0 Å². The molecule has 1 rings (SSSR count). The molecule has 1 atom stereocenters. The minimum atomic E-state index is -2.94. The van der Waals surface area contributed by atoms with Crippen LogP contribution in [0, 0.1) is 0 Å². The van der Waals surface area contributed by atoms with Crippen molar-refractivity contribution < 1.29 is 18.7 Å². The molecule has 0 aromatic carbocycles. The lowest BCUT2D eigenvalue weighted by Gasteiger charge is -2.13. The van der Waals surface area contributed by atoms with E-state index in [1.165, 1.54) is 0 Å². The predicted octanol–water partition coefficient (Wildman–Crippen LogP) is -0.155. The Bertz CT molecular complexity index is 163. The molecule has 1 saturated heterocycles. The lowest BCUT2D eigenvalue weighted by molar-refractivity contribution is -0.142. The zero-order chi connectivity index (χ0) is 8.43. The van der Waals surface area contributed by atoms with Gasteiger partial charge >= 0.3 is 6.43 Å². The van der Waals surface area contributed by atoms with Crippen LogP contribution >= 0.6 is 0 Å². The van der Waals surface area contributed by atoms with Crippen molar-refractivity contribution in [2.45, 2.75) is 19.0 Å². The zero-order valence-electron chi connectivity index (χ0n) is 5.83. The Hall–Kier alpha value is -0.710. The smallest absolute Gasteiger partial charge is 0.315 e. The van der Waals surface area contributed by atoms with Gasteiger partial charge in [-0.2, -0.15) is 8.78 Å². The summed E-state index contributed by atoms with van der Waals surface area (Å²) >= 11 is 0. The lowest BCUT2D eigenvalue weighted by Crippen LogP contribution is -2.34. The van der Waals surface area contributed by atoms with E-state index in [0.29, 0.717) is 6.42 Å². The molecule has 5 heteroatoms. The molecule has 3 nitrogen and oxygen atoms in total. The Morgan fingerprint density at radius 3 is 2.64 bits per heavy atom. The van der Waals surface area contributed by atoms with Gasteiger partial charge < -0.3 is 10.0 Å². The lowest BCUT2D eigenvalue weighted by atomic mass is 10.3. The fourth-order valence-corrected chi connectivity index (χ4v) is 1.08. The fourth-order valence-electron chi connectivity index (χ4n) is 1.08. The van der Waals surface area contributed by atoms with Gasteiger partial charge in [-0.25, -0.2) is 0 Å². The number of alkyl halides is 2. The molecule has 1 N–H and O–H groups in total. The molecule has 11 heavy (non-hydrogen) atoms. The summed E-state index contributed by atoms with van der Waals surface area (Å²) in [7, 11) is 0. The quantitative estimate of drug-likeness (QED) is 0.586. The van der Waals surface area contributed by atoms with Crippen molar-refractivity contribution in [3.05, 3.63) is 0 Å². The maximum atomic E-state index is 11.7. The van der Waals surface area contributed by atoms with E-state index in [1.807, 2.05) is 0 Å². The summed E-state index contributed by atoms with van der Waals surface area (Å²) in [6.45, 7) is 0.285. The number of likely N-dealkylation sites (tertiary alicyclic amines) is 1. The summed E-state index contributed by atoms with van der Waals surface area (Å²) in [6, 6.07) is 0. The second kappa shape index (κ2) is 3.13. The van der Waals surface area contributed by atoms with E-state index >= 15 is 0 Å². The first-order valence-electron chi connectivity index (χ1n) is 3.36. The van der Waals surface area contributed by atoms with Gasteiger partial charge in [0, 0.05) is 13.1 Å². The number of carbonyl (C=O) groups is 1. The van der Waals surface area contributed by atoms with Crippen LogP contribution in [-0.2, 0) is 4.79 Å². The SMILES string of the molecule is O=C(C(F)F)N1CCC(O)C1. The Morgan fingerprint density at radius 2 is 2.27 bits per heavy atom. The zero-order valence-corrected chi connectivity index (χ0v) is 5.83. The van der Waals surface area contributed by atoms with Gasteiger partial charge in [-0.15, -0.1) is 0 Å². The average molecular weight is 165 g/mol. The third-order valence-corrected chi connectivity index (χ3v) is 1.66. The molecule has 0 radical (unpaired) electrons. The molecule has 1 aliphatic heterocycles. The predicted molar refractivity (Wildman–Crippen MR) is 33.2 cm³/mol. The summed E-state index contributed by atoms with van der Waals surface area (Å²) in [5.74, 6) is -1.18. The Morgan fingerprint density at radius 1 is 1.64 bits per heavy atom. The molecule has 0 spiro atoms. The maximum Gasteiger partial charge on any atom is 0.315 e. The van der Waals surface area contributed by atoms with E-state index in [2.05, 4.69) is 0 Å². The Labute approximate surface area is 62.6 Å². The number of aliphatic hydroxyl groups is 1. The van der Waals surface area contributed by atoms with E-state index in [0.717, 1.165) is 4.90 Å². The van der Waals surface area contributed by atoms with Crippen molar-refractivity contribution in [2.24, 2.45) is 0 Å². The number of rotatable bonds is 1. The van der Waals surface area contributed by atoms with Crippen LogP contribution in [-0.4, -0.2) is 41.5 Å². The molecule has 0 aromatic heterocycles. The Kier molecular flexibility index (Phi) is 2.38. The topological polar surface area (TPSA) is 40.5 Å². The van der Waals surface area contributed by atoms with E-state index in [4.69, 9.17) is 5.11 Å². The first-order chi connectivity index (χ1) is 5.11. The van der Waals surface area contributed by atoms with Crippen LogP contribution < -0.4 is 0 Å². The van der Waals surface area contributed by atoms with Crippen LogP contribution in [0.2, 0.25) is 0 Å². The molecule has 1 unspecified atom stereocenters. The second-order valence-corrected chi connectivity index (χ2v) is 2.53. The number of hydrogen-bond donors (Lipinski definition) is 1. The van der Waals surface area contributed by atoms with Crippen molar-refractivity contribution in [3.63, 3.8) is 0 Å². The van der Waals surface area contributed by atoms with E-state index in [9.17, 15) is 13.6 Å². The number of β-amino-alcohol motifs (C(OH)–C–C–N with tert-alkyl or cyclic N) is 1. The standard InChI is InChI=1S/C6H9F2NO2/c7-5(8)6(11)9-2-1-4(10)3-9/h4-5,10H,1-3H2. The average Bonchev–Trinajstić information content (AvgIpc) is 2.34. The molecule has 0 saturated carbocycles. The summed E-state index contributed by atoms with van der Waals surface area (Å²) in [6.07, 6.45) is -3.17. The molecule has 64 valence electrons. The number of aliphatic hydroxyl groups excluding tert-OH is 1. The first-order valence-corrected chi connectivity index (χ1v) is 3.36. The number of hydrogen-bond acceptors (Lipinski definition) is 2. The van der Waals surface area contributed by atoms with Crippen LogP contribution in [0.5, 0.6) is 0 Å². The molecule has 1 fully saturated rings. The number of nitrogens with zero attached hydrogens (tertiary/aromatic N) is 1. The van der Waals surface area contributed by atoms with Crippen molar-refractivity contribution in [3.8, 4) is 0 Å². The molecular formula is C6H9F2NO2. The van der Waals surface area contributed by atoms with Gasteiger partial charge in [0.2, 0.25) is 0 Å². The van der Waals surface area contributed by atoms with Crippen LogP contribution in [0.25, 0.3) is 0 Å². The van der Waals surface area contributed by atoms with Gasteiger partial charge in [-0.05, 0) is 6.42 Å².